The number of carbonyl (C=O) groups is 1. The minimum atomic E-state index is -0.793. The molecule has 0 radical (unpaired) electrons. The van der Waals surface area contributed by atoms with Crippen LogP contribution in [0.15, 0.2) is 0 Å². The Kier molecular flexibility index (Phi) is 3.20. The molecule has 0 aromatic heterocycles. The molecule has 1 unspecified atom stereocenters. The highest BCUT2D eigenvalue weighted by atomic mass is 32.2. The average Bonchev–Trinajstić information content (AvgIpc) is 1.93. The monoisotopic (exact) mass is 175 g/mol. The van der Waals surface area contributed by atoms with Gasteiger partial charge in [-0.1, -0.05) is 6.42 Å². The predicted octanol–water partition coefficient (Wildman–Crippen LogP) is 2.19. The number of hydrogen-bond acceptors (Lipinski definition) is 3. The number of rotatable bonds is 1. The first kappa shape index (κ1) is 8.87. The van der Waals surface area contributed by atoms with Gasteiger partial charge in [0.15, 0.2) is 0 Å². The van der Waals surface area contributed by atoms with Crippen LogP contribution in [0.5, 0.6) is 0 Å². The summed E-state index contributed by atoms with van der Waals surface area (Å²) in [5.74, 6) is 0. The van der Waals surface area contributed by atoms with Gasteiger partial charge in [0.05, 0.1) is 0 Å². The lowest BCUT2D eigenvalue weighted by molar-refractivity contribution is 0.218. The second kappa shape index (κ2) is 3.97. The molecule has 0 aromatic carbocycles. The van der Waals surface area contributed by atoms with E-state index in [1.165, 1.54) is 6.42 Å². The van der Waals surface area contributed by atoms with Gasteiger partial charge in [-0.25, -0.2) is 9.10 Å². The van der Waals surface area contributed by atoms with E-state index in [2.05, 4.69) is 6.92 Å². The van der Waals surface area contributed by atoms with Crippen molar-refractivity contribution in [3.05, 3.63) is 0 Å². The summed E-state index contributed by atoms with van der Waals surface area (Å²) in [5, 5.41) is 7.71. The van der Waals surface area contributed by atoms with Crippen LogP contribution in [0.25, 0.3) is 0 Å². The molecule has 0 spiro atoms. The summed E-state index contributed by atoms with van der Waals surface area (Å²) in [4.78, 5) is 10.3. The van der Waals surface area contributed by atoms with E-state index in [0.29, 0.717) is 6.04 Å². The second-order valence-corrected chi connectivity index (χ2v) is 3.84. The summed E-state index contributed by atoms with van der Waals surface area (Å²) in [6.45, 7) is 2.99. The fraction of sp³-hybridized carbons (Fsp3) is 0.857. The summed E-state index contributed by atoms with van der Waals surface area (Å²) in [6, 6.07) is 0.421. The van der Waals surface area contributed by atoms with E-state index in [0.717, 1.165) is 31.3 Å². The first-order valence-corrected chi connectivity index (χ1v) is 4.65. The van der Waals surface area contributed by atoms with Crippen LogP contribution in [-0.2, 0) is 0 Å². The zero-order valence-corrected chi connectivity index (χ0v) is 7.43. The van der Waals surface area contributed by atoms with Crippen molar-refractivity contribution < 1.29 is 9.90 Å². The lowest BCUT2D eigenvalue weighted by Crippen LogP contribution is -2.32. The van der Waals surface area contributed by atoms with E-state index in [9.17, 15) is 4.79 Å². The Morgan fingerprint density at radius 3 is 2.91 bits per heavy atom. The largest absolute Gasteiger partial charge is 0.472 e. The molecule has 4 heteroatoms. The van der Waals surface area contributed by atoms with Crippen LogP contribution in [0.1, 0.15) is 26.2 Å². The van der Waals surface area contributed by atoms with Crippen molar-refractivity contribution in [3.8, 4) is 0 Å². The molecular weight excluding hydrogens is 162 g/mol. The third-order valence-electron chi connectivity index (χ3n) is 1.94. The highest BCUT2D eigenvalue weighted by molar-refractivity contribution is 8.11. The van der Waals surface area contributed by atoms with Gasteiger partial charge in [-0.3, -0.25) is 0 Å². The molecule has 1 N–H and O–H groups in total. The molecule has 1 rings (SSSR count). The molecule has 0 amide bonds. The number of carboxylic acid groups (broad SMARTS) is 1. The first-order valence-electron chi connectivity index (χ1n) is 3.87. The van der Waals surface area contributed by atoms with Gasteiger partial charge in [-0.15, -0.1) is 0 Å². The van der Waals surface area contributed by atoms with Gasteiger partial charge in [-0.05, 0) is 19.8 Å². The SMILES string of the molecule is CC1CCCCN1SC(=O)O. The Hall–Kier alpha value is -0.220. The van der Waals surface area contributed by atoms with Crippen molar-refractivity contribution in [1.29, 1.82) is 0 Å². The van der Waals surface area contributed by atoms with Crippen LogP contribution in [0.4, 0.5) is 4.79 Å². The molecule has 0 aromatic rings. The summed E-state index contributed by atoms with van der Waals surface area (Å²) >= 11 is 0.933. The van der Waals surface area contributed by atoms with Crippen LogP contribution >= 0.6 is 11.9 Å². The summed E-state index contributed by atoms with van der Waals surface area (Å²) in [7, 11) is 0. The van der Waals surface area contributed by atoms with E-state index in [-0.39, 0.29) is 0 Å². The van der Waals surface area contributed by atoms with E-state index in [4.69, 9.17) is 5.11 Å². The maximum absolute atomic E-state index is 10.3. The van der Waals surface area contributed by atoms with Crippen LogP contribution in [0, 0.1) is 0 Å². The third kappa shape index (κ3) is 2.71. The highest BCUT2D eigenvalue weighted by Gasteiger charge is 2.20. The molecule has 1 atom stereocenters. The topological polar surface area (TPSA) is 40.5 Å². The van der Waals surface area contributed by atoms with Gasteiger partial charge >= 0.3 is 5.30 Å². The van der Waals surface area contributed by atoms with Crippen LogP contribution in [0.3, 0.4) is 0 Å². The standard InChI is InChI=1S/C7H13NO2S/c1-6-4-2-3-5-8(6)11-7(9)10/h6H,2-5H2,1H3,(H,9,10). The molecule has 1 fully saturated rings. The van der Waals surface area contributed by atoms with E-state index in [1.807, 2.05) is 4.31 Å². The van der Waals surface area contributed by atoms with Crippen molar-refractivity contribution in [2.24, 2.45) is 0 Å². The lowest BCUT2D eigenvalue weighted by atomic mass is 10.1. The van der Waals surface area contributed by atoms with Crippen LogP contribution in [0.2, 0.25) is 0 Å². The van der Waals surface area contributed by atoms with E-state index < -0.39 is 5.30 Å². The minimum Gasteiger partial charge on any atom is -0.472 e. The van der Waals surface area contributed by atoms with E-state index >= 15 is 0 Å². The summed E-state index contributed by atoms with van der Waals surface area (Å²) in [5.41, 5.74) is 0. The van der Waals surface area contributed by atoms with Gasteiger partial charge in [0, 0.05) is 24.5 Å². The minimum absolute atomic E-state index is 0.421. The summed E-state index contributed by atoms with van der Waals surface area (Å²) in [6.07, 6.45) is 3.49. The van der Waals surface area contributed by atoms with Crippen molar-refractivity contribution in [2.75, 3.05) is 6.54 Å². The summed E-state index contributed by atoms with van der Waals surface area (Å²) < 4.78 is 1.95. The van der Waals surface area contributed by atoms with Gasteiger partial charge in [0.1, 0.15) is 0 Å². The fourth-order valence-corrected chi connectivity index (χ4v) is 2.01. The molecular formula is C7H13NO2S. The number of nitrogens with zero attached hydrogens (tertiary/aromatic N) is 1. The van der Waals surface area contributed by atoms with Crippen molar-refractivity contribution in [1.82, 2.24) is 4.31 Å². The molecule has 1 aliphatic heterocycles. The van der Waals surface area contributed by atoms with Crippen LogP contribution < -0.4 is 0 Å². The molecule has 0 bridgehead atoms. The van der Waals surface area contributed by atoms with Gasteiger partial charge in [-0.2, -0.15) is 0 Å². The highest BCUT2D eigenvalue weighted by Crippen LogP contribution is 2.23. The Morgan fingerprint density at radius 1 is 1.64 bits per heavy atom. The molecule has 3 nitrogen and oxygen atoms in total. The molecule has 64 valence electrons. The quantitative estimate of drug-likeness (QED) is 0.620. The Morgan fingerprint density at radius 2 is 2.36 bits per heavy atom. The Labute approximate surface area is 70.9 Å². The lowest BCUT2D eigenvalue weighted by Gasteiger charge is -2.30. The van der Waals surface area contributed by atoms with Gasteiger partial charge in [0.2, 0.25) is 0 Å². The van der Waals surface area contributed by atoms with Crippen molar-refractivity contribution in [2.45, 2.75) is 32.2 Å². The van der Waals surface area contributed by atoms with Gasteiger partial charge < -0.3 is 5.11 Å². The second-order valence-electron chi connectivity index (χ2n) is 2.84. The smallest absolute Gasteiger partial charge is 0.380 e. The predicted molar refractivity (Wildman–Crippen MR) is 45.6 cm³/mol. The first-order chi connectivity index (χ1) is 5.20. The average molecular weight is 175 g/mol. The van der Waals surface area contributed by atoms with Crippen molar-refractivity contribution in [3.63, 3.8) is 0 Å². The van der Waals surface area contributed by atoms with Crippen molar-refractivity contribution >= 4 is 17.2 Å². The molecule has 0 saturated carbocycles. The third-order valence-corrected chi connectivity index (χ3v) is 2.87. The Bertz CT molecular complexity index is 151. The van der Waals surface area contributed by atoms with E-state index in [1.54, 1.807) is 0 Å². The number of hydrogen-bond donors (Lipinski definition) is 1. The maximum atomic E-state index is 10.3. The molecule has 1 saturated heterocycles. The zero-order chi connectivity index (χ0) is 8.27. The molecule has 1 heterocycles. The fourth-order valence-electron chi connectivity index (χ4n) is 1.31. The van der Waals surface area contributed by atoms with Crippen LogP contribution in [-0.4, -0.2) is 27.3 Å². The normalized spacial score (nSPS) is 26.8. The molecule has 11 heavy (non-hydrogen) atoms. The molecule has 0 aliphatic carbocycles. The van der Waals surface area contributed by atoms with Gasteiger partial charge in [0.25, 0.3) is 0 Å². The Balaban J connectivity index is 2.35. The molecule has 1 aliphatic rings. The zero-order valence-electron chi connectivity index (χ0n) is 6.62. The number of piperidine rings is 1. The maximum Gasteiger partial charge on any atom is 0.380 e.